The second-order valence-corrected chi connectivity index (χ2v) is 3.08. The number of rotatable bonds is 1. The molecule has 2 aromatic heterocycles. The molecule has 0 saturated carbocycles. The molecular formula is C10H7N5. The molecule has 3 aromatic rings. The van der Waals surface area contributed by atoms with Crippen LogP contribution in [0, 0.1) is 0 Å². The first-order chi connectivity index (χ1) is 7.43. The van der Waals surface area contributed by atoms with Crippen molar-refractivity contribution in [2.24, 2.45) is 0 Å². The molecule has 0 saturated heterocycles. The summed E-state index contributed by atoms with van der Waals surface area (Å²) in [5.74, 6) is 0.633. The summed E-state index contributed by atoms with van der Waals surface area (Å²) >= 11 is 0. The summed E-state index contributed by atoms with van der Waals surface area (Å²) in [5.41, 5.74) is 2.43. The number of aromatic amines is 1. The van der Waals surface area contributed by atoms with Crippen LogP contribution in [0.2, 0.25) is 0 Å². The van der Waals surface area contributed by atoms with Crippen LogP contribution in [0.25, 0.3) is 22.6 Å². The van der Waals surface area contributed by atoms with E-state index in [0.29, 0.717) is 11.5 Å². The molecule has 0 aliphatic rings. The number of hydrogen-bond acceptors (Lipinski definition) is 4. The lowest BCUT2D eigenvalue weighted by atomic mass is 10.3. The monoisotopic (exact) mass is 197 g/mol. The SMILES string of the molecule is c1ccc2nc(-c3ncn[nH]3)cnc2c1. The van der Waals surface area contributed by atoms with Crippen molar-refractivity contribution in [2.75, 3.05) is 0 Å². The molecule has 0 fully saturated rings. The molecule has 0 amide bonds. The van der Waals surface area contributed by atoms with Crippen molar-refractivity contribution in [1.29, 1.82) is 0 Å². The zero-order valence-electron chi connectivity index (χ0n) is 7.75. The summed E-state index contributed by atoms with van der Waals surface area (Å²) in [4.78, 5) is 12.7. The molecular weight excluding hydrogens is 190 g/mol. The Hall–Kier alpha value is -2.30. The summed E-state index contributed by atoms with van der Waals surface area (Å²) in [6, 6.07) is 7.71. The third kappa shape index (κ3) is 1.34. The Morgan fingerprint density at radius 2 is 1.87 bits per heavy atom. The number of benzene rings is 1. The quantitative estimate of drug-likeness (QED) is 0.640. The predicted octanol–water partition coefficient (Wildman–Crippen LogP) is 1.41. The highest BCUT2D eigenvalue weighted by Gasteiger charge is 2.03. The van der Waals surface area contributed by atoms with Gasteiger partial charge in [0.15, 0.2) is 5.82 Å². The van der Waals surface area contributed by atoms with Crippen LogP contribution in [0.4, 0.5) is 0 Å². The first-order valence-electron chi connectivity index (χ1n) is 4.51. The first kappa shape index (κ1) is 8.05. The van der Waals surface area contributed by atoms with E-state index in [-0.39, 0.29) is 0 Å². The largest absolute Gasteiger partial charge is 0.258 e. The predicted molar refractivity (Wildman–Crippen MR) is 54.9 cm³/mol. The molecule has 0 aliphatic heterocycles. The summed E-state index contributed by atoms with van der Waals surface area (Å²) < 4.78 is 0. The molecule has 3 rings (SSSR count). The lowest BCUT2D eigenvalue weighted by molar-refractivity contribution is 1.08. The molecule has 1 N–H and O–H groups in total. The van der Waals surface area contributed by atoms with Crippen LogP contribution in [0.5, 0.6) is 0 Å². The maximum atomic E-state index is 4.42. The van der Waals surface area contributed by atoms with Crippen LogP contribution in [0.3, 0.4) is 0 Å². The van der Waals surface area contributed by atoms with Gasteiger partial charge >= 0.3 is 0 Å². The van der Waals surface area contributed by atoms with Crippen molar-refractivity contribution in [2.45, 2.75) is 0 Å². The molecule has 15 heavy (non-hydrogen) atoms. The number of nitrogens with zero attached hydrogens (tertiary/aromatic N) is 4. The van der Waals surface area contributed by atoms with E-state index in [4.69, 9.17) is 0 Å². The number of aromatic nitrogens is 5. The summed E-state index contributed by atoms with van der Waals surface area (Å²) in [6.45, 7) is 0. The minimum atomic E-state index is 0.633. The summed E-state index contributed by atoms with van der Waals surface area (Å²) in [7, 11) is 0. The van der Waals surface area contributed by atoms with Gasteiger partial charge < -0.3 is 0 Å². The summed E-state index contributed by atoms with van der Waals surface area (Å²) in [6.07, 6.45) is 3.13. The van der Waals surface area contributed by atoms with Gasteiger partial charge in [-0.05, 0) is 12.1 Å². The number of H-pyrrole nitrogens is 1. The number of para-hydroxylation sites is 2. The number of nitrogens with one attached hydrogen (secondary N) is 1. The smallest absolute Gasteiger partial charge is 0.175 e. The highest BCUT2D eigenvalue weighted by Crippen LogP contribution is 2.14. The van der Waals surface area contributed by atoms with Crippen LogP contribution in [-0.4, -0.2) is 25.1 Å². The Morgan fingerprint density at radius 3 is 2.67 bits per heavy atom. The third-order valence-corrected chi connectivity index (χ3v) is 2.11. The minimum absolute atomic E-state index is 0.633. The van der Waals surface area contributed by atoms with E-state index in [1.54, 1.807) is 6.20 Å². The maximum Gasteiger partial charge on any atom is 0.175 e. The second kappa shape index (κ2) is 3.13. The average Bonchev–Trinajstić information content (AvgIpc) is 2.82. The van der Waals surface area contributed by atoms with Gasteiger partial charge in [-0.15, -0.1) is 0 Å². The van der Waals surface area contributed by atoms with Crippen molar-refractivity contribution in [3.8, 4) is 11.5 Å². The van der Waals surface area contributed by atoms with E-state index >= 15 is 0 Å². The fourth-order valence-electron chi connectivity index (χ4n) is 1.40. The Balaban J connectivity index is 2.22. The van der Waals surface area contributed by atoms with Crippen LogP contribution in [0.15, 0.2) is 36.8 Å². The van der Waals surface area contributed by atoms with Gasteiger partial charge in [-0.1, -0.05) is 12.1 Å². The van der Waals surface area contributed by atoms with E-state index in [9.17, 15) is 0 Å². The lowest BCUT2D eigenvalue weighted by Gasteiger charge is -1.98. The molecule has 0 aliphatic carbocycles. The molecule has 2 heterocycles. The van der Waals surface area contributed by atoms with Crippen molar-refractivity contribution in [3.05, 3.63) is 36.8 Å². The van der Waals surface area contributed by atoms with Gasteiger partial charge in [0.25, 0.3) is 0 Å². The van der Waals surface area contributed by atoms with E-state index < -0.39 is 0 Å². The van der Waals surface area contributed by atoms with Crippen molar-refractivity contribution >= 4 is 11.0 Å². The molecule has 1 aromatic carbocycles. The Kier molecular flexibility index (Phi) is 1.68. The first-order valence-corrected chi connectivity index (χ1v) is 4.51. The van der Waals surface area contributed by atoms with Gasteiger partial charge in [0.05, 0.1) is 17.2 Å². The molecule has 0 bridgehead atoms. The Labute approximate surface area is 85.2 Å². The Bertz CT molecular complexity index is 588. The zero-order chi connectivity index (χ0) is 10.1. The number of fused-ring (bicyclic) bond motifs is 1. The number of hydrogen-bond donors (Lipinski definition) is 1. The third-order valence-electron chi connectivity index (χ3n) is 2.11. The van der Waals surface area contributed by atoms with E-state index in [1.165, 1.54) is 6.33 Å². The van der Waals surface area contributed by atoms with Crippen molar-refractivity contribution < 1.29 is 0 Å². The zero-order valence-corrected chi connectivity index (χ0v) is 7.75. The summed E-state index contributed by atoms with van der Waals surface area (Å²) in [5, 5.41) is 6.53. The van der Waals surface area contributed by atoms with Crippen LogP contribution in [-0.2, 0) is 0 Å². The molecule has 0 unspecified atom stereocenters. The van der Waals surface area contributed by atoms with E-state index in [0.717, 1.165) is 11.0 Å². The molecule has 5 nitrogen and oxygen atoms in total. The van der Waals surface area contributed by atoms with E-state index in [2.05, 4.69) is 25.1 Å². The normalized spacial score (nSPS) is 10.7. The van der Waals surface area contributed by atoms with Crippen LogP contribution < -0.4 is 0 Å². The van der Waals surface area contributed by atoms with Gasteiger partial charge in [0, 0.05) is 0 Å². The van der Waals surface area contributed by atoms with Gasteiger partial charge in [-0.25, -0.2) is 9.97 Å². The second-order valence-electron chi connectivity index (χ2n) is 3.08. The molecule has 5 heteroatoms. The van der Waals surface area contributed by atoms with E-state index in [1.807, 2.05) is 24.3 Å². The fourth-order valence-corrected chi connectivity index (χ4v) is 1.40. The average molecular weight is 197 g/mol. The van der Waals surface area contributed by atoms with Gasteiger partial charge in [0.1, 0.15) is 12.0 Å². The highest BCUT2D eigenvalue weighted by atomic mass is 15.2. The van der Waals surface area contributed by atoms with Crippen LogP contribution >= 0.6 is 0 Å². The topological polar surface area (TPSA) is 67.3 Å². The van der Waals surface area contributed by atoms with Gasteiger partial charge in [0.2, 0.25) is 0 Å². The molecule has 0 spiro atoms. The molecule has 72 valence electrons. The van der Waals surface area contributed by atoms with Crippen molar-refractivity contribution in [1.82, 2.24) is 25.1 Å². The fraction of sp³-hybridized carbons (Fsp3) is 0. The van der Waals surface area contributed by atoms with Gasteiger partial charge in [-0.3, -0.25) is 10.1 Å². The Morgan fingerprint density at radius 1 is 1.00 bits per heavy atom. The lowest BCUT2D eigenvalue weighted by Crippen LogP contribution is -1.89. The van der Waals surface area contributed by atoms with Gasteiger partial charge in [-0.2, -0.15) is 5.10 Å². The molecule has 0 radical (unpaired) electrons. The van der Waals surface area contributed by atoms with Crippen molar-refractivity contribution in [3.63, 3.8) is 0 Å². The minimum Gasteiger partial charge on any atom is -0.258 e. The van der Waals surface area contributed by atoms with Crippen LogP contribution in [0.1, 0.15) is 0 Å². The maximum absolute atomic E-state index is 4.42. The standard InChI is InChI=1S/C10H7N5/c1-2-4-8-7(3-1)11-5-9(14-8)10-12-6-13-15-10/h1-6H,(H,12,13,15). The molecule has 0 atom stereocenters. The highest BCUT2D eigenvalue weighted by molar-refractivity contribution is 5.75.